The Labute approximate surface area is 194 Å². The van der Waals surface area contributed by atoms with Crippen LogP contribution in [0.2, 0.25) is 5.02 Å². The van der Waals surface area contributed by atoms with E-state index in [1.807, 2.05) is 24.3 Å². The summed E-state index contributed by atoms with van der Waals surface area (Å²) in [5.41, 5.74) is 1.09. The maximum absolute atomic E-state index is 13.5. The Morgan fingerprint density at radius 3 is 2.81 bits per heavy atom. The number of fused-ring (bicyclic) bond motifs is 2. The Morgan fingerprint density at radius 1 is 1.19 bits per heavy atom. The number of hydrogen-bond donors (Lipinski definition) is 0. The number of rotatable bonds is 4. The van der Waals surface area contributed by atoms with Crippen LogP contribution < -0.4 is 10.3 Å². The molecule has 3 heterocycles. The van der Waals surface area contributed by atoms with E-state index in [0.717, 1.165) is 27.9 Å². The van der Waals surface area contributed by atoms with Crippen LogP contribution in [0.1, 0.15) is 46.1 Å². The van der Waals surface area contributed by atoms with Gasteiger partial charge >= 0.3 is 0 Å². The Balaban J connectivity index is 1.78. The largest absolute Gasteiger partial charge is 0.450 e. The van der Waals surface area contributed by atoms with Gasteiger partial charge in [0.05, 0.1) is 17.0 Å². The fourth-order valence-corrected chi connectivity index (χ4v) is 5.35. The number of aryl methyl sites for hydroxylation is 1. The van der Waals surface area contributed by atoms with E-state index in [0.29, 0.717) is 21.1 Å². The first-order valence-corrected chi connectivity index (χ1v) is 11.6. The molecule has 1 aliphatic heterocycles. The second kappa shape index (κ2) is 7.85. The lowest BCUT2D eigenvalue weighted by molar-refractivity contribution is 0.0970. The highest BCUT2D eigenvalue weighted by molar-refractivity contribution is 9.10. The Kier molecular flexibility index (Phi) is 5.16. The molecule has 0 saturated carbocycles. The molecule has 0 saturated heterocycles. The second-order valence-electron chi connectivity index (χ2n) is 7.18. The van der Waals surface area contributed by atoms with E-state index in [-0.39, 0.29) is 16.8 Å². The minimum Gasteiger partial charge on any atom is -0.450 e. The average Bonchev–Trinajstić information content (AvgIpc) is 3.31. The van der Waals surface area contributed by atoms with Gasteiger partial charge in [0, 0.05) is 15.9 Å². The summed E-state index contributed by atoms with van der Waals surface area (Å²) >= 11 is 11.0. The van der Waals surface area contributed by atoms with E-state index in [1.165, 1.54) is 16.2 Å². The molecule has 4 aromatic rings. The summed E-state index contributed by atoms with van der Waals surface area (Å²) in [4.78, 5) is 28.5. The quantitative estimate of drug-likeness (QED) is 0.344. The number of carbonyl (C=O) groups is 1. The first-order valence-electron chi connectivity index (χ1n) is 9.65. The molecule has 1 unspecified atom stereocenters. The van der Waals surface area contributed by atoms with E-state index in [4.69, 9.17) is 16.0 Å². The van der Waals surface area contributed by atoms with Gasteiger partial charge in [-0.15, -0.1) is 10.2 Å². The summed E-state index contributed by atoms with van der Waals surface area (Å²) in [6, 6.07) is 11.6. The van der Waals surface area contributed by atoms with Gasteiger partial charge in [0.1, 0.15) is 10.6 Å². The zero-order chi connectivity index (χ0) is 21.7. The van der Waals surface area contributed by atoms with Crippen molar-refractivity contribution in [1.82, 2.24) is 10.2 Å². The predicted octanol–water partition coefficient (Wildman–Crippen LogP) is 5.76. The van der Waals surface area contributed by atoms with Crippen molar-refractivity contribution in [2.24, 2.45) is 0 Å². The number of hydrogen-bond acceptors (Lipinski definition) is 6. The van der Waals surface area contributed by atoms with Gasteiger partial charge in [0.2, 0.25) is 10.9 Å². The predicted molar refractivity (Wildman–Crippen MR) is 124 cm³/mol. The van der Waals surface area contributed by atoms with Crippen molar-refractivity contribution in [3.05, 3.63) is 84.1 Å². The third-order valence-corrected chi connectivity index (χ3v) is 6.83. The van der Waals surface area contributed by atoms with Crippen molar-refractivity contribution in [2.45, 2.75) is 25.8 Å². The van der Waals surface area contributed by atoms with Gasteiger partial charge < -0.3 is 4.42 Å². The molecule has 6 nitrogen and oxygen atoms in total. The summed E-state index contributed by atoms with van der Waals surface area (Å²) in [6.45, 7) is 2.06. The third-order valence-electron chi connectivity index (χ3n) is 5.12. The summed E-state index contributed by atoms with van der Waals surface area (Å²) < 4.78 is 6.77. The molecule has 5 rings (SSSR count). The van der Waals surface area contributed by atoms with Gasteiger partial charge in [0.15, 0.2) is 5.43 Å². The minimum atomic E-state index is -0.679. The van der Waals surface area contributed by atoms with Gasteiger partial charge in [-0.25, -0.2) is 0 Å². The Hall–Kier alpha value is -2.55. The van der Waals surface area contributed by atoms with Crippen molar-refractivity contribution in [3.8, 4) is 0 Å². The molecule has 0 fully saturated rings. The van der Waals surface area contributed by atoms with Crippen molar-refractivity contribution in [2.75, 3.05) is 4.90 Å². The Bertz CT molecular complexity index is 1400. The molecule has 2 aromatic heterocycles. The molecule has 31 heavy (non-hydrogen) atoms. The van der Waals surface area contributed by atoms with E-state index in [2.05, 4.69) is 33.1 Å². The molecule has 0 aliphatic carbocycles. The number of benzene rings is 2. The van der Waals surface area contributed by atoms with Crippen LogP contribution in [-0.2, 0) is 6.42 Å². The van der Waals surface area contributed by atoms with Crippen molar-refractivity contribution in [3.63, 3.8) is 0 Å². The molecule has 0 radical (unpaired) electrons. The maximum Gasteiger partial charge on any atom is 0.297 e. The lowest BCUT2D eigenvalue weighted by atomic mass is 9.99. The van der Waals surface area contributed by atoms with Gasteiger partial charge in [0.25, 0.3) is 5.91 Å². The minimum absolute atomic E-state index is 0.0250. The first kappa shape index (κ1) is 20.4. The normalized spacial score (nSPS) is 15.6. The van der Waals surface area contributed by atoms with Crippen LogP contribution in [0.5, 0.6) is 0 Å². The summed E-state index contributed by atoms with van der Waals surface area (Å²) in [5, 5.41) is 10.5. The molecule has 2 aromatic carbocycles. The van der Waals surface area contributed by atoms with E-state index in [9.17, 15) is 9.59 Å². The van der Waals surface area contributed by atoms with Crippen LogP contribution in [0.4, 0.5) is 5.13 Å². The molecule has 9 heteroatoms. The van der Waals surface area contributed by atoms with Crippen LogP contribution in [0.3, 0.4) is 0 Å². The standard InChI is InChI=1S/C22H15BrClN3O3S/c1-2-4-16-25-26-22(31-16)27-18(11-5-3-6-12(23)9-11)17-19(28)14-10-13(24)7-8-15(14)30-20(17)21(27)29/h3,5-10,18H,2,4H2,1H3. The summed E-state index contributed by atoms with van der Waals surface area (Å²) in [5.74, 6) is -0.384. The Morgan fingerprint density at radius 2 is 2.03 bits per heavy atom. The smallest absolute Gasteiger partial charge is 0.297 e. The van der Waals surface area contributed by atoms with Gasteiger partial charge in [-0.2, -0.15) is 0 Å². The molecule has 156 valence electrons. The monoisotopic (exact) mass is 515 g/mol. The highest BCUT2D eigenvalue weighted by Crippen LogP contribution is 2.42. The number of nitrogens with zero attached hydrogens (tertiary/aromatic N) is 3. The van der Waals surface area contributed by atoms with Crippen LogP contribution >= 0.6 is 38.9 Å². The molecular formula is C22H15BrClN3O3S. The number of amides is 1. The number of aromatic nitrogens is 2. The highest BCUT2D eigenvalue weighted by Gasteiger charge is 2.45. The fourth-order valence-electron chi connectivity index (χ4n) is 3.79. The molecule has 1 atom stereocenters. The van der Waals surface area contributed by atoms with Crippen molar-refractivity contribution in [1.29, 1.82) is 0 Å². The zero-order valence-corrected chi connectivity index (χ0v) is 19.4. The van der Waals surface area contributed by atoms with Gasteiger partial charge in [-0.05, 0) is 42.3 Å². The van der Waals surface area contributed by atoms with E-state index >= 15 is 0 Å². The van der Waals surface area contributed by atoms with Crippen LogP contribution in [-0.4, -0.2) is 16.1 Å². The van der Waals surface area contributed by atoms with E-state index < -0.39 is 11.9 Å². The van der Waals surface area contributed by atoms with Crippen LogP contribution in [0.25, 0.3) is 11.0 Å². The lowest BCUT2D eigenvalue weighted by Gasteiger charge is -2.22. The molecule has 1 aliphatic rings. The van der Waals surface area contributed by atoms with Gasteiger partial charge in [-0.1, -0.05) is 57.9 Å². The van der Waals surface area contributed by atoms with Crippen LogP contribution in [0, 0.1) is 0 Å². The third kappa shape index (κ3) is 3.39. The molecule has 1 amide bonds. The zero-order valence-electron chi connectivity index (χ0n) is 16.3. The van der Waals surface area contributed by atoms with Crippen LogP contribution in [0.15, 0.2) is 56.1 Å². The van der Waals surface area contributed by atoms with E-state index in [1.54, 1.807) is 18.2 Å². The lowest BCUT2D eigenvalue weighted by Crippen LogP contribution is -2.29. The molecule has 0 spiro atoms. The molecular weight excluding hydrogens is 502 g/mol. The van der Waals surface area contributed by atoms with Crippen molar-refractivity contribution >= 4 is 60.9 Å². The maximum atomic E-state index is 13.5. The number of halogens is 2. The SMILES string of the molecule is CCCc1nnc(N2C(=O)c3oc4ccc(Cl)cc4c(=O)c3C2c2cccc(Br)c2)s1. The summed E-state index contributed by atoms with van der Waals surface area (Å²) in [7, 11) is 0. The number of carbonyl (C=O) groups excluding carboxylic acids is 1. The first-order chi connectivity index (χ1) is 15.0. The van der Waals surface area contributed by atoms with Gasteiger partial charge in [-0.3, -0.25) is 14.5 Å². The molecule has 0 bridgehead atoms. The fraction of sp³-hybridized carbons (Fsp3) is 0.182. The average molecular weight is 517 g/mol. The molecule has 0 N–H and O–H groups in total. The second-order valence-corrected chi connectivity index (χ2v) is 9.57. The topological polar surface area (TPSA) is 76.3 Å². The number of anilines is 1. The van der Waals surface area contributed by atoms with Crippen molar-refractivity contribution < 1.29 is 9.21 Å². The highest BCUT2D eigenvalue weighted by atomic mass is 79.9. The summed E-state index contributed by atoms with van der Waals surface area (Å²) in [6.07, 6.45) is 1.69.